The molecule has 0 atom stereocenters. The summed E-state index contributed by atoms with van der Waals surface area (Å²) in [5.74, 6) is -0.216. The van der Waals surface area contributed by atoms with Crippen LogP contribution in [0.4, 0.5) is 10.1 Å². The van der Waals surface area contributed by atoms with Crippen LogP contribution in [0.15, 0.2) is 22.8 Å². The highest BCUT2D eigenvalue weighted by Gasteiger charge is 2.29. The largest absolute Gasteiger partial charge is 0.366 e. The number of benzene rings is 1. The number of anilines is 1. The van der Waals surface area contributed by atoms with Crippen molar-refractivity contribution in [1.29, 1.82) is 0 Å². The van der Waals surface area contributed by atoms with Crippen molar-refractivity contribution < 1.29 is 4.39 Å². The van der Waals surface area contributed by atoms with Gasteiger partial charge in [0.2, 0.25) is 0 Å². The molecule has 25 heavy (non-hydrogen) atoms. The van der Waals surface area contributed by atoms with E-state index in [1.165, 1.54) is 0 Å². The van der Waals surface area contributed by atoms with Crippen LogP contribution in [0.25, 0.3) is 10.8 Å². The molecule has 0 spiro atoms. The van der Waals surface area contributed by atoms with E-state index < -0.39 is 0 Å². The lowest BCUT2D eigenvalue weighted by molar-refractivity contribution is 0.214. The van der Waals surface area contributed by atoms with Crippen molar-refractivity contribution >= 4 is 44.0 Å². The molecule has 1 aliphatic rings. The van der Waals surface area contributed by atoms with E-state index in [2.05, 4.69) is 51.7 Å². The first-order chi connectivity index (χ1) is 11.9. The second-order valence-electron chi connectivity index (χ2n) is 6.93. The number of hydrogen-bond acceptors (Lipinski definition) is 3. The first-order valence-corrected chi connectivity index (χ1v) is 9.96. The fraction of sp³-hybridized carbons (Fsp3) is 0.526. The molecular weight excluding hydrogens is 405 g/mol. The molecule has 3 rings (SSSR count). The molecule has 6 heteroatoms. The fourth-order valence-corrected chi connectivity index (χ4v) is 4.61. The van der Waals surface area contributed by atoms with Crippen molar-refractivity contribution in [3.05, 3.63) is 33.8 Å². The maximum Gasteiger partial charge on any atom is 0.161 e. The molecule has 1 aliphatic carbocycles. The van der Waals surface area contributed by atoms with Crippen LogP contribution in [0.3, 0.4) is 0 Å². The third-order valence-corrected chi connectivity index (χ3v) is 6.23. The van der Waals surface area contributed by atoms with Gasteiger partial charge in [-0.1, -0.05) is 11.6 Å². The van der Waals surface area contributed by atoms with Gasteiger partial charge in [-0.05, 0) is 74.8 Å². The molecule has 0 bridgehead atoms. The van der Waals surface area contributed by atoms with Crippen molar-refractivity contribution in [1.82, 2.24) is 9.88 Å². The molecular formula is C19H24BrClFN3. The van der Waals surface area contributed by atoms with Crippen molar-refractivity contribution in [2.75, 3.05) is 25.5 Å². The van der Waals surface area contributed by atoms with Crippen LogP contribution in [-0.4, -0.2) is 42.6 Å². The lowest BCUT2D eigenvalue weighted by Crippen LogP contribution is -2.42. The predicted octanol–water partition coefficient (Wildman–Crippen LogP) is 5.49. The summed E-state index contributed by atoms with van der Waals surface area (Å²) in [6.07, 6.45) is 6.08. The van der Waals surface area contributed by atoms with Gasteiger partial charge in [-0.25, -0.2) is 9.37 Å². The number of aromatic nitrogens is 1. The molecule has 1 saturated carbocycles. The second kappa shape index (κ2) is 7.77. The smallest absolute Gasteiger partial charge is 0.161 e. The zero-order chi connectivity index (χ0) is 18.1. The molecule has 0 radical (unpaired) electrons. The van der Waals surface area contributed by atoms with Gasteiger partial charge in [0, 0.05) is 35.6 Å². The number of pyridine rings is 1. The molecule has 1 fully saturated rings. The summed E-state index contributed by atoms with van der Waals surface area (Å²) in [5, 5.41) is 2.02. The van der Waals surface area contributed by atoms with E-state index >= 15 is 4.39 Å². The highest BCUT2D eigenvalue weighted by molar-refractivity contribution is 9.10. The lowest BCUT2D eigenvalue weighted by Gasteiger charge is -2.40. The van der Waals surface area contributed by atoms with E-state index in [4.69, 9.17) is 11.6 Å². The van der Waals surface area contributed by atoms with Gasteiger partial charge in [0.25, 0.3) is 0 Å². The van der Waals surface area contributed by atoms with E-state index in [0.29, 0.717) is 27.4 Å². The zero-order valence-corrected chi connectivity index (χ0v) is 17.2. The minimum atomic E-state index is -0.216. The molecule has 0 amide bonds. The van der Waals surface area contributed by atoms with Gasteiger partial charge in [0.05, 0.1) is 10.2 Å². The molecule has 1 aromatic carbocycles. The Kier molecular flexibility index (Phi) is 5.86. The molecule has 0 aliphatic heterocycles. The van der Waals surface area contributed by atoms with Crippen molar-refractivity contribution in [3.8, 4) is 0 Å². The van der Waals surface area contributed by atoms with E-state index in [0.717, 1.165) is 43.0 Å². The van der Waals surface area contributed by atoms with Crippen molar-refractivity contribution in [2.24, 2.45) is 0 Å². The maximum absolute atomic E-state index is 15.1. The van der Waals surface area contributed by atoms with Crippen molar-refractivity contribution in [3.63, 3.8) is 0 Å². The second-order valence-corrected chi connectivity index (χ2v) is 8.14. The van der Waals surface area contributed by atoms with Crippen LogP contribution in [0, 0.1) is 5.82 Å². The molecule has 1 aromatic heterocycles. The number of hydrogen-bond donors (Lipinski definition) is 0. The standard InChI is InChI=1S/C19H24BrClFN3/c1-4-25(13-7-5-12(6-8-13)24(2)3)18-14-9-10-23-19(21)15(14)11-16(20)17(18)22/h9-13H,4-8H2,1-3H3/t12-,13+. The molecule has 3 nitrogen and oxygen atoms in total. The number of nitrogens with zero attached hydrogens (tertiary/aromatic N) is 3. The summed E-state index contributed by atoms with van der Waals surface area (Å²) in [6.45, 7) is 2.85. The van der Waals surface area contributed by atoms with Crippen LogP contribution in [0.5, 0.6) is 0 Å². The summed E-state index contributed by atoms with van der Waals surface area (Å²) < 4.78 is 15.5. The Hall–Kier alpha value is -0.910. The fourth-order valence-electron chi connectivity index (χ4n) is 3.98. The monoisotopic (exact) mass is 427 g/mol. The van der Waals surface area contributed by atoms with Crippen LogP contribution in [0.2, 0.25) is 5.15 Å². The van der Waals surface area contributed by atoms with Gasteiger partial charge < -0.3 is 9.80 Å². The zero-order valence-electron chi connectivity index (χ0n) is 14.9. The highest BCUT2D eigenvalue weighted by Crippen LogP contribution is 2.39. The SMILES string of the molecule is CCN(c1c(F)c(Br)cc2c(Cl)nccc12)[C@H]1CC[C@@H](N(C)C)CC1. The normalized spacial score (nSPS) is 21.1. The van der Waals surface area contributed by atoms with E-state index in [-0.39, 0.29) is 5.82 Å². The Morgan fingerprint density at radius 3 is 2.44 bits per heavy atom. The van der Waals surface area contributed by atoms with Gasteiger partial charge in [-0.15, -0.1) is 0 Å². The Morgan fingerprint density at radius 2 is 1.84 bits per heavy atom. The van der Waals surface area contributed by atoms with Gasteiger partial charge in [0.1, 0.15) is 5.15 Å². The quantitative estimate of drug-likeness (QED) is 0.600. The average Bonchev–Trinajstić information content (AvgIpc) is 2.60. The summed E-state index contributed by atoms with van der Waals surface area (Å²) in [6, 6.07) is 4.55. The van der Waals surface area contributed by atoms with Gasteiger partial charge in [0.15, 0.2) is 5.82 Å². The summed E-state index contributed by atoms with van der Waals surface area (Å²) in [5.41, 5.74) is 0.643. The summed E-state index contributed by atoms with van der Waals surface area (Å²) >= 11 is 9.62. The van der Waals surface area contributed by atoms with Crippen LogP contribution in [0.1, 0.15) is 32.6 Å². The Balaban J connectivity index is 2.02. The minimum absolute atomic E-state index is 0.216. The predicted molar refractivity (Wildman–Crippen MR) is 107 cm³/mol. The Labute approximate surface area is 162 Å². The molecule has 0 unspecified atom stereocenters. The minimum Gasteiger partial charge on any atom is -0.366 e. The van der Waals surface area contributed by atoms with Crippen LogP contribution in [-0.2, 0) is 0 Å². The van der Waals surface area contributed by atoms with E-state index in [1.807, 2.05) is 6.07 Å². The molecule has 0 N–H and O–H groups in total. The summed E-state index contributed by atoms with van der Waals surface area (Å²) in [7, 11) is 4.28. The Bertz CT molecular complexity index is 760. The van der Waals surface area contributed by atoms with Gasteiger partial charge >= 0.3 is 0 Å². The summed E-state index contributed by atoms with van der Waals surface area (Å²) in [4.78, 5) is 8.66. The number of halogens is 3. The number of rotatable bonds is 4. The highest BCUT2D eigenvalue weighted by atomic mass is 79.9. The molecule has 2 aromatic rings. The molecule has 1 heterocycles. The third kappa shape index (κ3) is 3.64. The Morgan fingerprint density at radius 1 is 1.20 bits per heavy atom. The lowest BCUT2D eigenvalue weighted by atomic mass is 9.89. The van der Waals surface area contributed by atoms with Gasteiger partial charge in [-0.2, -0.15) is 0 Å². The molecule has 136 valence electrons. The van der Waals surface area contributed by atoms with E-state index in [9.17, 15) is 0 Å². The van der Waals surface area contributed by atoms with Crippen molar-refractivity contribution in [2.45, 2.75) is 44.7 Å². The maximum atomic E-state index is 15.1. The average molecular weight is 429 g/mol. The van der Waals surface area contributed by atoms with E-state index in [1.54, 1.807) is 12.3 Å². The number of fused-ring (bicyclic) bond motifs is 1. The first-order valence-electron chi connectivity index (χ1n) is 8.79. The van der Waals surface area contributed by atoms with Gasteiger partial charge in [-0.3, -0.25) is 0 Å². The topological polar surface area (TPSA) is 19.4 Å². The third-order valence-electron chi connectivity index (χ3n) is 5.35. The van der Waals surface area contributed by atoms with Crippen LogP contribution >= 0.6 is 27.5 Å². The first kappa shape index (κ1) is 18.9. The van der Waals surface area contributed by atoms with Crippen LogP contribution < -0.4 is 4.90 Å². The molecule has 0 saturated heterocycles.